The van der Waals surface area contributed by atoms with Crippen LogP contribution in [0.3, 0.4) is 0 Å². The first kappa shape index (κ1) is 21.9. The second-order valence-corrected chi connectivity index (χ2v) is 7.93. The summed E-state index contributed by atoms with van der Waals surface area (Å²) < 4.78 is 22.6. The van der Waals surface area contributed by atoms with E-state index in [-0.39, 0.29) is 18.3 Å². The van der Waals surface area contributed by atoms with Crippen molar-refractivity contribution < 1.29 is 38.2 Å². The van der Waals surface area contributed by atoms with Crippen molar-refractivity contribution in [3.05, 3.63) is 22.7 Å². The van der Waals surface area contributed by atoms with Crippen LogP contribution in [-0.2, 0) is 28.6 Å². The van der Waals surface area contributed by atoms with Gasteiger partial charge in [0.2, 0.25) is 0 Å². The van der Waals surface area contributed by atoms with Gasteiger partial charge in [0.05, 0.1) is 5.92 Å². The van der Waals surface area contributed by atoms with E-state index in [9.17, 15) is 19.2 Å². The summed E-state index contributed by atoms with van der Waals surface area (Å²) in [5, 5.41) is 0. The number of aromatic nitrogens is 2. The summed E-state index contributed by atoms with van der Waals surface area (Å²) in [4.78, 5) is 58.2. The molecule has 13 heteroatoms. The summed E-state index contributed by atoms with van der Waals surface area (Å²) in [6.07, 6.45) is -1.80. The van der Waals surface area contributed by atoms with Crippen LogP contribution in [0.25, 0.3) is 0 Å². The van der Waals surface area contributed by atoms with Gasteiger partial charge in [-0.3, -0.25) is 4.57 Å². The molecule has 4 rings (SSSR count). The van der Waals surface area contributed by atoms with Crippen molar-refractivity contribution >= 4 is 24.0 Å². The van der Waals surface area contributed by atoms with Gasteiger partial charge in [0, 0.05) is 25.4 Å². The first-order chi connectivity index (χ1) is 15.3. The second kappa shape index (κ2) is 9.02. The molecule has 1 amide bonds. The van der Waals surface area contributed by atoms with E-state index < -0.39 is 48.4 Å². The van der Waals surface area contributed by atoms with Crippen molar-refractivity contribution in [1.29, 1.82) is 0 Å². The number of likely N-dealkylation sites (tertiary alicyclic amines) is 1. The number of hydrogen-bond donors (Lipinski definition) is 1. The van der Waals surface area contributed by atoms with Crippen LogP contribution in [-0.4, -0.2) is 70.7 Å². The van der Waals surface area contributed by atoms with Crippen molar-refractivity contribution in [3.63, 3.8) is 0 Å². The van der Waals surface area contributed by atoms with Crippen molar-refractivity contribution in [2.75, 3.05) is 25.2 Å². The lowest BCUT2D eigenvalue weighted by atomic mass is 10.1. The van der Waals surface area contributed by atoms with Gasteiger partial charge in [-0.2, -0.15) is 4.98 Å². The fourth-order valence-corrected chi connectivity index (χ4v) is 3.61. The molecular formula is C19H24N4O9. The Morgan fingerprint density at radius 3 is 2.62 bits per heavy atom. The van der Waals surface area contributed by atoms with Crippen LogP contribution < -0.4 is 11.2 Å². The second-order valence-electron chi connectivity index (χ2n) is 7.93. The summed E-state index contributed by atoms with van der Waals surface area (Å²) in [7, 11) is 0. The smallest absolute Gasteiger partial charge is 0.446 e. The average Bonchev–Trinajstić information content (AvgIpc) is 3.48. The van der Waals surface area contributed by atoms with Crippen molar-refractivity contribution in [2.24, 2.45) is 5.92 Å². The molecule has 1 aromatic heterocycles. The molecule has 3 aliphatic heterocycles. The van der Waals surface area contributed by atoms with E-state index in [2.05, 4.69) is 10.5 Å². The number of nitrogens with one attached hydrogen (secondary N) is 1. The molecule has 13 nitrogen and oxygen atoms in total. The lowest BCUT2D eigenvalue weighted by Gasteiger charge is -2.20. The molecule has 0 aliphatic carbocycles. The predicted octanol–water partition coefficient (Wildman–Crippen LogP) is 0.803. The zero-order chi connectivity index (χ0) is 22.8. The topological polar surface area (TPSA) is 148 Å². The Kier molecular flexibility index (Phi) is 6.17. The van der Waals surface area contributed by atoms with Crippen molar-refractivity contribution in [3.8, 4) is 0 Å². The molecule has 0 radical (unpaired) electrons. The summed E-state index contributed by atoms with van der Waals surface area (Å²) >= 11 is 0. The van der Waals surface area contributed by atoms with Gasteiger partial charge in [-0.15, -0.1) is 0 Å². The number of fused-ring (bicyclic) bond motifs is 1. The first-order valence-electron chi connectivity index (χ1n) is 10.3. The van der Waals surface area contributed by atoms with Gasteiger partial charge in [0.15, 0.2) is 24.3 Å². The van der Waals surface area contributed by atoms with Gasteiger partial charge < -0.3 is 28.7 Å². The summed E-state index contributed by atoms with van der Waals surface area (Å²) in [5.41, 5.74) is 1.58. The van der Waals surface area contributed by atoms with E-state index >= 15 is 0 Å². The molecule has 3 saturated heterocycles. The minimum Gasteiger partial charge on any atom is -0.446 e. The summed E-state index contributed by atoms with van der Waals surface area (Å²) in [6.45, 7) is 4.41. The highest BCUT2D eigenvalue weighted by Crippen LogP contribution is 2.37. The molecule has 0 bridgehead atoms. The van der Waals surface area contributed by atoms with Crippen LogP contribution in [0.5, 0.6) is 0 Å². The minimum atomic E-state index is -1.03. The zero-order valence-electron chi connectivity index (χ0n) is 17.6. The molecule has 0 saturated carbocycles. The molecule has 1 N–H and O–H groups in total. The quantitative estimate of drug-likeness (QED) is 0.371. The fraction of sp³-hybridized carbons (Fsp3) is 0.632. The molecule has 4 atom stereocenters. The lowest BCUT2D eigenvalue weighted by molar-refractivity contribution is -0.144. The van der Waals surface area contributed by atoms with E-state index in [4.69, 9.17) is 23.8 Å². The molecule has 0 aromatic carbocycles. The van der Waals surface area contributed by atoms with Crippen molar-refractivity contribution in [2.45, 2.75) is 51.2 Å². The van der Waals surface area contributed by atoms with Gasteiger partial charge in [-0.25, -0.2) is 24.7 Å². The highest BCUT2D eigenvalue weighted by Gasteiger charge is 2.55. The van der Waals surface area contributed by atoms with Crippen molar-refractivity contribution in [1.82, 2.24) is 14.5 Å². The van der Waals surface area contributed by atoms with Gasteiger partial charge >= 0.3 is 23.9 Å². The molecule has 3 fully saturated rings. The summed E-state index contributed by atoms with van der Waals surface area (Å²) in [6, 6.07) is 1.39. The van der Waals surface area contributed by atoms with E-state index in [1.165, 1.54) is 12.3 Å². The Labute approximate surface area is 182 Å². The van der Waals surface area contributed by atoms with Gasteiger partial charge in [-0.05, 0) is 12.8 Å². The average molecular weight is 452 g/mol. The number of ether oxygens (including phenoxy) is 4. The number of nitrogens with zero attached hydrogens (tertiary/aromatic N) is 3. The highest BCUT2D eigenvalue weighted by atomic mass is 16.8. The number of carbonyl (C=O) groups excluding carboxylic acids is 3. The Balaban J connectivity index is 1.43. The van der Waals surface area contributed by atoms with E-state index in [0.717, 1.165) is 17.4 Å². The Hall–Kier alpha value is -3.35. The standard InChI is InChI=1S/C19H24N4O9/c1-10(2)16(24)32-21-12-5-8-23(17(25)20-12)15-14-13(30-19(27)31-14)11(29-15)9-28-18(26)22-6-3-4-7-22/h5,8,10-11,13-15H,3-4,6-7,9H2,1-2H3,(H,20,21,25)/t11-,13-,14-,15-/m1/s1. The molecular weight excluding hydrogens is 428 g/mol. The van der Waals surface area contributed by atoms with Crippen LogP contribution in [0.1, 0.15) is 32.9 Å². The van der Waals surface area contributed by atoms with Gasteiger partial charge in [0.25, 0.3) is 0 Å². The van der Waals surface area contributed by atoms with Gasteiger partial charge in [-0.1, -0.05) is 13.8 Å². The highest BCUT2D eigenvalue weighted by molar-refractivity contribution is 5.72. The third-order valence-electron chi connectivity index (χ3n) is 5.32. The SMILES string of the molecule is CC(C)C(=O)ONc1ccn([C@@H]2O[C@H](COC(=O)N3CCCC3)[C@H]3OC(=O)O[C@H]32)c(=O)n1. The molecule has 0 spiro atoms. The van der Waals surface area contributed by atoms with Crippen LogP contribution in [0.2, 0.25) is 0 Å². The Bertz CT molecular complexity index is 943. The molecule has 174 valence electrons. The lowest BCUT2D eigenvalue weighted by Crippen LogP contribution is -2.36. The van der Waals surface area contributed by atoms with E-state index in [1.807, 2.05) is 0 Å². The number of rotatable bonds is 6. The maximum absolute atomic E-state index is 12.5. The van der Waals surface area contributed by atoms with E-state index in [1.54, 1.807) is 18.7 Å². The maximum Gasteiger partial charge on any atom is 0.509 e. The third-order valence-corrected chi connectivity index (χ3v) is 5.32. The monoisotopic (exact) mass is 452 g/mol. The van der Waals surface area contributed by atoms with Crippen LogP contribution in [0, 0.1) is 5.92 Å². The minimum absolute atomic E-state index is 0.0190. The first-order valence-corrected chi connectivity index (χ1v) is 10.3. The molecule has 4 heterocycles. The normalized spacial score (nSPS) is 26.5. The van der Waals surface area contributed by atoms with Gasteiger partial charge in [0.1, 0.15) is 12.7 Å². The Morgan fingerprint density at radius 2 is 1.94 bits per heavy atom. The molecule has 0 unspecified atom stereocenters. The molecule has 3 aliphatic rings. The summed E-state index contributed by atoms with van der Waals surface area (Å²) in [5.74, 6) is -0.856. The number of anilines is 1. The maximum atomic E-state index is 12.5. The van der Waals surface area contributed by atoms with Crippen LogP contribution in [0.4, 0.5) is 15.4 Å². The predicted molar refractivity (Wildman–Crippen MR) is 104 cm³/mol. The van der Waals surface area contributed by atoms with E-state index in [0.29, 0.717) is 13.1 Å². The third kappa shape index (κ3) is 4.47. The number of carbonyl (C=O) groups is 3. The zero-order valence-corrected chi connectivity index (χ0v) is 17.6. The van der Waals surface area contributed by atoms with Crippen LogP contribution in [0.15, 0.2) is 17.1 Å². The van der Waals surface area contributed by atoms with Crippen LogP contribution >= 0.6 is 0 Å². The number of amides is 1. The fourth-order valence-electron chi connectivity index (χ4n) is 3.61. The number of hydrogen-bond acceptors (Lipinski definition) is 11. The Morgan fingerprint density at radius 1 is 1.22 bits per heavy atom. The largest absolute Gasteiger partial charge is 0.509 e. The molecule has 1 aromatic rings. The molecule has 32 heavy (non-hydrogen) atoms.